The molecule has 0 saturated heterocycles. The van der Waals surface area contributed by atoms with E-state index in [0.717, 1.165) is 16.8 Å². The van der Waals surface area contributed by atoms with Crippen LogP contribution in [0.3, 0.4) is 0 Å². The Kier molecular flexibility index (Phi) is 3.03. The average Bonchev–Trinajstić information content (AvgIpc) is 2.46. The first kappa shape index (κ1) is 12.5. The van der Waals surface area contributed by atoms with Gasteiger partial charge in [-0.15, -0.1) is 0 Å². The fourth-order valence-electron chi connectivity index (χ4n) is 2.18. The zero-order valence-electron chi connectivity index (χ0n) is 11.4. The molecule has 2 aromatic carbocycles. The Morgan fingerprint density at radius 2 is 1.65 bits per heavy atom. The highest BCUT2D eigenvalue weighted by Crippen LogP contribution is 2.27. The second-order valence-electron chi connectivity index (χ2n) is 4.88. The molecule has 0 unspecified atom stereocenters. The van der Waals surface area contributed by atoms with E-state index in [0.29, 0.717) is 11.1 Å². The minimum Gasteiger partial charge on any atom is -0.422 e. The molecular weight excluding hydrogens is 250 g/mol. The molecule has 3 heteroatoms. The van der Waals surface area contributed by atoms with Gasteiger partial charge in [-0.2, -0.15) is 0 Å². The van der Waals surface area contributed by atoms with Gasteiger partial charge in [0.2, 0.25) is 0 Å². The Hall–Kier alpha value is -2.55. The minimum absolute atomic E-state index is 0.307. The Balaban J connectivity index is 2.17. The van der Waals surface area contributed by atoms with E-state index >= 15 is 0 Å². The number of rotatable bonds is 2. The SMILES string of the molecule is Cc1ccc(Nc2c(C)c(=O)oc3ccccc23)cc1. The number of fused-ring (bicyclic) bond motifs is 1. The standard InChI is InChI=1S/C17H15NO2/c1-11-7-9-13(10-8-11)18-16-12(2)17(19)20-15-6-4-3-5-14(15)16/h3-10,18H,1-2H3. The highest BCUT2D eigenvalue weighted by molar-refractivity contribution is 5.93. The molecule has 0 spiro atoms. The van der Waals surface area contributed by atoms with Crippen molar-refractivity contribution in [1.29, 1.82) is 0 Å². The predicted molar refractivity (Wildman–Crippen MR) is 81.7 cm³/mol. The summed E-state index contributed by atoms with van der Waals surface area (Å²) >= 11 is 0. The highest BCUT2D eigenvalue weighted by atomic mass is 16.4. The maximum absolute atomic E-state index is 11.9. The van der Waals surface area contributed by atoms with Crippen molar-refractivity contribution < 1.29 is 4.42 Å². The molecule has 3 aromatic rings. The molecule has 1 heterocycles. The minimum atomic E-state index is -0.307. The summed E-state index contributed by atoms with van der Waals surface area (Å²) in [5, 5.41) is 4.23. The van der Waals surface area contributed by atoms with Gasteiger partial charge in [-0.1, -0.05) is 29.8 Å². The third-order valence-corrected chi connectivity index (χ3v) is 3.36. The topological polar surface area (TPSA) is 42.2 Å². The van der Waals surface area contributed by atoms with Gasteiger partial charge < -0.3 is 9.73 Å². The summed E-state index contributed by atoms with van der Waals surface area (Å²) in [5.41, 5.74) is 3.83. The van der Waals surface area contributed by atoms with Crippen LogP contribution >= 0.6 is 0 Å². The van der Waals surface area contributed by atoms with Crippen molar-refractivity contribution in [3.8, 4) is 0 Å². The maximum Gasteiger partial charge on any atom is 0.341 e. The van der Waals surface area contributed by atoms with E-state index in [4.69, 9.17) is 4.42 Å². The molecule has 0 aliphatic carbocycles. The maximum atomic E-state index is 11.9. The molecule has 3 rings (SSSR count). The van der Waals surface area contributed by atoms with Crippen molar-refractivity contribution in [2.24, 2.45) is 0 Å². The van der Waals surface area contributed by atoms with Crippen molar-refractivity contribution in [3.63, 3.8) is 0 Å². The van der Waals surface area contributed by atoms with Crippen LogP contribution in [0.1, 0.15) is 11.1 Å². The van der Waals surface area contributed by atoms with Crippen LogP contribution in [0.15, 0.2) is 57.7 Å². The molecule has 3 nitrogen and oxygen atoms in total. The van der Waals surface area contributed by atoms with Gasteiger partial charge in [0.25, 0.3) is 0 Å². The molecule has 0 bridgehead atoms. The van der Waals surface area contributed by atoms with E-state index in [1.807, 2.05) is 49.4 Å². The normalized spacial score (nSPS) is 10.7. The Morgan fingerprint density at radius 3 is 2.40 bits per heavy atom. The van der Waals surface area contributed by atoms with Gasteiger partial charge >= 0.3 is 5.63 Å². The highest BCUT2D eigenvalue weighted by Gasteiger charge is 2.10. The smallest absolute Gasteiger partial charge is 0.341 e. The number of anilines is 2. The second kappa shape index (κ2) is 4.85. The summed E-state index contributed by atoms with van der Waals surface area (Å²) in [5.74, 6) is 0. The molecule has 20 heavy (non-hydrogen) atoms. The summed E-state index contributed by atoms with van der Waals surface area (Å²) in [6.07, 6.45) is 0. The summed E-state index contributed by atoms with van der Waals surface area (Å²) in [6, 6.07) is 15.6. The Bertz CT molecular complexity index is 817. The van der Waals surface area contributed by atoms with Crippen LogP contribution in [0.25, 0.3) is 11.0 Å². The number of aryl methyl sites for hydroxylation is 1. The van der Waals surface area contributed by atoms with Gasteiger partial charge in [-0.25, -0.2) is 4.79 Å². The lowest BCUT2D eigenvalue weighted by atomic mass is 10.1. The molecule has 1 N–H and O–H groups in total. The summed E-state index contributed by atoms with van der Waals surface area (Å²) in [4.78, 5) is 11.9. The van der Waals surface area contributed by atoms with Crippen LogP contribution in [-0.2, 0) is 0 Å². The van der Waals surface area contributed by atoms with Crippen molar-refractivity contribution in [3.05, 3.63) is 70.1 Å². The number of para-hydroxylation sites is 1. The Morgan fingerprint density at radius 1 is 0.950 bits per heavy atom. The lowest BCUT2D eigenvalue weighted by molar-refractivity contribution is 0.556. The van der Waals surface area contributed by atoms with Gasteiger partial charge in [0.15, 0.2) is 0 Å². The molecule has 0 saturated carbocycles. The number of hydrogen-bond acceptors (Lipinski definition) is 3. The van der Waals surface area contributed by atoms with Crippen LogP contribution < -0.4 is 10.9 Å². The third-order valence-electron chi connectivity index (χ3n) is 3.36. The quantitative estimate of drug-likeness (QED) is 0.708. The van der Waals surface area contributed by atoms with Gasteiger partial charge in [0, 0.05) is 11.1 Å². The van der Waals surface area contributed by atoms with Crippen LogP contribution in [0, 0.1) is 13.8 Å². The fourth-order valence-corrected chi connectivity index (χ4v) is 2.18. The summed E-state index contributed by atoms with van der Waals surface area (Å²) in [6.45, 7) is 3.82. The van der Waals surface area contributed by atoms with Crippen molar-refractivity contribution in [2.45, 2.75) is 13.8 Å². The van der Waals surface area contributed by atoms with Crippen LogP contribution in [0.4, 0.5) is 11.4 Å². The van der Waals surface area contributed by atoms with Crippen LogP contribution in [0.5, 0.6) is 0 Å². The molecule has 0 amide bonds. The lowest BCUT2D eigenvalue weighted by Crippen LogP contribution is -2.07. The van der Waals surface area contributed by atoms with Gasteiger partial charge in [-0.3, -0.25) is 0 Å². The van der Waals surface area contributed by atoms with Crippen LogP contribution in [-0.4, -0.2) is 0 Å². The second-order valence-corrected chi connectivity index (χ2v) is 4.88. The lowest BCUT2D eigenvalue weighted by Gasteiger charge is -2.11. The first-order chi connectivity index (χ1) is 9.65. The number of hydrogen-bond donors (Lipinski definition) is 1. The zero-order chi connectivity index (χ0) is 14.1. The van der Waals surface area contributed by atoms with E-state index in [1.54, 1.807) is 13.0 Å². The van der Waals surface area contributed by atoms with Crippen molar-refractivity contribution >= 4 is 22.3 Å². The first-order valence-electron chi connectivity index (χ1n) is 6.51. The van der Waals surface area contributed by atoms with Gasteiger partial charge in [-0.05, 0) is 38.1 Å². The Labute approximate surface area is 116 Å². The van der Waals surface area contributed by atoms with Gasteiger partial charge in [0.05, 0.1) is 11.3 Å². The van der Waals surface area contributed by atoms with E-state index in [2.05, 4.69) is 5.32 Å². The first-order valence-corrected chi connectivity index (χ1v) is 6.51. The average molecular weight is 265 g/mol. The van der Waals surface area contributed by atoms with E-state index < -0.39 is 0 Å². The third kappa shape index (κ3) is 2.18. The van der Waals surface area contributed by atoms with E-state index in [1.165, 1.54) is 5.56 Å². The van der Waals surface area contributed by atoms with Gasteiger partial charge in [0.1, 0.15) is 5.58 Å². The van der Waals surface area contributed by atoms with E-state index in [9.17, 15) is 4.79 Å². The summed E-state index contributed by atoms with van der Waals surface area (Å²) < 4.78 is 5.29. The molecular formula is C17H15NO2. The fraction of sp³-hybridized carbons (Fsp3) is 0.118. The molecule has 0 radical (unpaired) electrons. The molecule has 0 atom stereocenters. The molecule has 100 valence electrons. The number of benzene rings is 2. The van der Waals surface area contributed by atoms with Crippen LogP contribution in [0.2, 0.25) is 0 Å². The number of nitrogens with one attached hydrogen (secondary N) is 1. The molecule has 0 fully saturated rings. The van der Waals surface area contributed by atoms with Crippen molar-refractivity contribution in [1.82, 2.24) is 0 Å². The van der Waals surface area contributed by atoms with E-state index in [-0.39, 0.29) is 5.63 Å². The monoisotopic (exact) mass is 265 g/mol. The summed E-state index contributed by atoms with van der Waals surface area (Å²) in [7, 11) is 0. The zero-order valence-corrected chi connectivity index (χ0v) is 11.4. The molecule has 0 aliphatic heterocycles. The largest absolute Gasteiger partial charge is 0.422 e. The molecule has 0 aliphatic rings. The van der Waals surface area contributed by atoms with Crippen molar-refractivity contribution in [2.75, 3.05) is 5.32 Å². The molecule has 1 aromatic heterocycles. The predicted octanol–water partition coefficient (Wildman–Crippen LogP) is 4.15.